The van der Waals surface area contributed by atoms with Crippen molar-refractivity contribution in [2.45, 2.75) is 4.90 Å². The summed E-state index contributed by atoms with van der Waals surface area (Å²) in [7, 11) is -3.35. The van der Waals surface area contributed by atoms with Crippen molar-refractivity contribution >= 4 is 15.7 Å². The molecule has 0 aliphatic carbocycles. The Morgan fingerprint density at radius 1 is 0.810 bits per heavy atom. The van der Waals surface area contributed by atoms with E-state index in [1.54, 1.807) is 28.6 Å². The van der Waals surface area contributed by atoms with Crippen LogP contribution in [0.2, 0.25) is 0 Å². The van der Waals surface area contributed by atoms with Gasteiger partial charge in [0.15, 0.2) is 0 Å². The van der Waals surface area contributed by atoms with Crippen LogP contribution < -0.4 is 4.90 Å². The van der Waals surface area contributed by atoms with Gasteiger partial charge in [0, 0.05) is 0 Å². The van der Waals surface area contributed by atoms with Crippen LogP contribution in [-0.2, 0) is 10.0 Å². The topological polar surface area (TPSA) is 41.8 Å². The summed E-state index contributed by atoms with van der Waals surface area (Å²) in [4.78, 5) is 1.73. The molecular formula is C16H19N2O2S+. The lowest BCUT2D eigenvalue weighted by molar-refractivity contribution is -0.837. The molecule has 3 rings (SSSR count). The minimum Gasteiger partial charge on any atom is -0.300 e. The number of hydrogen-bond donors (Lipinski definition) is 1. The molecule has 0 spiro atoms. The van der Waals surface area contributed by atoms with Crippen LogP contribution in [0.4, 0.5) is 5.69 Å². The van der Waals surface area contributed by atoms with E-state index in [-0.39, 0.29) is 0 Å². The van der Waals surface area contributed by atoms with Crippen molar-refractivity contribution in [3.8, 4) is 0 Å². The van der Waals surface area contributed by atoms with Crippen LogP contribution in [0.5, 0.6) is 0 Å². The predicted molar refractivity (Wildman–Crippen MR) is 82.0 cm³/mol. The van der Waals surface area contributed by atoms with Gasteiger partial charge in [-0.3, -0.25) is 0 Å². The number of hydrogen-bond acceptors (Lipinski definition) is 2. The molecule has 5 heteroatoms. The van der Waals surface area contributed by atoms with Gasteiger partial charge in [-0.2, -0.15) is 4.31 Å². The first kappa shape index (κ1) is 14.3. The lowest BCUT2D eigenvalue weighted by Crippen LogP contribution is -3.10. The summed E-state index contributed by atoms with van der Waals surface area (Å²) in [6.07, 6.45) is 0. The number of benzene rings is 2. The zero-order valence-corrected chi connectivity index (χ0v) is 12.6. The minimum atomic E-state index is -3.35. The normalized spacial score (nSPS) is 17.7. The maximum atomic E-state index is 12.5. The monoisotopic (exact) mass is 303 g/mol. The van der Waals surface area contributed by atoms with Crippen LogP contribution in [0.15, 0.2) is 65.6 Å². The predicted octanol–water partition coefficient (Wildman–Crippen LogP) is 0.907. The maximum Gasteiger partial charge on any atom is 0.243 e. The number of rotatable bonds is 3. The molecule has 2 aromatic rings. The van der Waals surface area contributed by atoms with Crippen molar-refractivity contribution in [3.05, 3.63) is 60.7 Å². The number of quaternary nitrogens is 1. The molecule has 1 heterocycles. The van der Waals surface area contributed by atoms with Crippen LogP contribution in [0.1, 0.15) is 0 Å². The fraction of sp³-hybridized carbons (Fsp3) is 0.250. The van der Waals surface area contributed by atoms with E-state index in [1.807, 2.05) is 24.3 Å². The minimum absolute atomic E-state index is 0.383. The Bertz CT molecular complexity index is 679. The number of nitrogens with zero attached hydrogens (tertiary/aromatic N) is 1. The molecule has 0 radical (unpaired) electrons. The number of nitrogens with one attached hydrogen (secondary N) is 1. The van der Waals surface area contributed by atoms with Gasteiger partial charge in [-0.05, 0) is 24.3 Å². The van der Waals surface area contributed by atoms with Crippen LogP contribution in [0, 0.1) is 0 Å². The van der Waals surface area contributed by atoms with Crippen LogP contribution in [-0.4, -0.2) is 38.9 Å². The molecule has 0 amide bonds. The Kier molecular flexibility index (Phi) is 4.05. The number of sulfonamides is 1. The third-order valence-electron chi connectivity index (χ3n) is 3.89. The van der Waals surface area contributed by atoms with Crippen molar-refractivity contribution in [2.75, 3.05) is 26.2 Å². The molecule has 0 saturated carbocycles. The molecule has 1 fully saturated rings. The summed E-state index contributed by atoms with van der Waals surface area (Å²) in [5.41, 5.74) is 1.23. The molecule has 2 aromatic carbocycles. The average molecular weight is 303 g/mol. The van der Waals surface area contributed by atoms with Crippen molar-refractivity contribution in [1.29, 1.82) is 0 Å². The average Bonchev–Trinajstić information content (AvgIpc) is 2.57. The third kappa shape index (κ3) is 3.00. The molecule has 1 saturated heterocycles. The van der Waals surface area contributed by atoms with Gasteiger partial charge in [0.05, 0.1) is 31.1 Å². The van der Waals surface area contributed by atoms with Gasteiger partial charge < -0.3 is 4.90 Å². The zero-order valence-electron chi connectivity index (χ0n) is 11.8. The van der Waals surface area contributed by atoms with E-state index in [1.165, 1.54) is 10.6 Å². The Balaban J connectivity index is 1.72. The second-order valence-corrected chi connectivity index (χ2v) is 7.12. The smallest absolute Gasteiger partial charge is 0.243 e. The van der Waals surface area contributed by atoms with E-state index >= 15 is 0 Å². The third-order valence-corrected chi connectivity index (χ3v) is 5.80. The van der Waals surface area contributed by atoms with Gasteiger partial charge >= 0.3 is 0 Å². The lowest BCUT2D eigenvalue weighted by Gasteiger charge is -2.31. The Labute approximate surface area is 125 Å². The maximum absolute atomic E-state index is 12.5. The number of para-hydroxylation sites is 1. The summed E-state index contributed by atoms with van der Waals surface area (Å²) in [6.45, 7) is 2.72. The van der Waals surface area contributed by atoms with E-state index in [4.69, 9.17) is 0 Å². The van der Waals surface area contributed by atoms with Gasteiger partial charge in [0.25, 0.3) is 0 Å². The van der Waals surface area contributed by atoms with Gasteiger partial charge in [0.1, 0.15) is 5.69 Å². The molecule has 1 aliphatic rings. The standard InChI is InChI=1S/C16H18N2O2S/c19-21(20,16-9-5-2-6-10-16)18-13-11-17(12-14-18)15-7-3-1-4-8-15/h1-10H,11-14H2/p+1. The molecule has 0 atom stereocenters. The molecule has 1 aliphatic heterocycles. The van der Waals surface area contributed by atoms with Crippen molar-refractivity contribution in [3.63, 3.8) is 0 Å². The highest BCUT2D eigenvalue weighted by Crippen LogP contribution is 2.15. The molecular weight excluding hydrogens is 284 g/mol. The van der Waals surface area contributed by atoms with E-state index in [2.05, 4.69) is 12.1 Å². The fourth-order valence-electron chi connectivity index (χ4n) is 2.70. The highest BCUT2D eigenvalue weighted by Gasteiger charge is 2.30. The Hall–Kier alpha value is -1.69. The van der Waals surface area contributed by atoms with E-state index in [0.29, 0.717) is 18.0 Å². The Morgan fingerprint density at radius 2 is 1.33 bits per heavy atom. The summed E-state index contributed by atoms with van der Waals surface area (Å²) < 4.78 is 26.7. The van der Waals surface area contributed by atoms with Gasteiger partial charge in [0.2, 0.25) is 10.0 Å². The van der Waals surface area contributed by atoms with Gasteiger partial charge in [-0.1, -0.05) is 36.4 Å². The van der Waals surface area contributed by atoms with E-state index in [0.717, 1.165) is 13.1 Å². The molecule has 4 nitrogen and oxygen atoms in total. The van der Waals surface area contributed by atoms with Crippen LogP contribution in [0.25, 0.3) is 0 Å². The first-order chi connectivity index (χ1) is 10.2. The molecule has 1 N–H and O–H groups in total. The molecule has 0 unspecified atom stereocenters. The molecule has 0 aromatic heterocycles. The van der Waals surface area contributed by atoms with Gasteiger partial charge in [-0.25, -0.2) is 8.42 Å². The van der Waals surface area contributed by atoms with E-state index < -0.39 is 10.0 Å². The van der Waals surface area contributed by atoms with Crippen LogP contribution in [0.3, 0.4) is 0 Å². The second kappa shape index (κ2) is 5.97. The second-order valence-electron chi connectivity index (χ2n) is 5.19. The highest BCUT2D eigenvalue weighted by atomic mass is 32.2. The first-order valence-corrected chi connectivity index (χ1v) is 8.57. The summed E-state index contributed by atoms with van der Waals surface area (Å²) in [5, 5.41) is 0. The molecule has 110 valence electrons. The van der Waals surface area contributed by atoms with E-state index in [9.17, 15) is 8.42 Å². The SMILES string of the molecule is O=S(=O)(c1ccccc1)N1CC[NH+](c2ccccc2)CC1. The van der Waals surface area contributed by atoms with Crippen molar-refractivity contribution in [1.82, 2.24) is 4.31 Å². The quantitative estimate of drug-likeness (QED) is 0.916. The largest absolute Gasteiger partial charge is 0.300 e. The lowest BCUT2D eigenvalue weighted by atomic mass is 10.2. The summed E-state index contributed by atoms with van der Waals surface area (Å²) in [5.74, 6) is 0. The zero-order chi connectivity index (χ0) is 14.7. The van der Waals surface area contributed by atoms with Crippen LogP contribution >= 0.6 is 0 Å². The Morgan fingerprint density at radius 3 is 1.90 bits per heavy atom. The van der Waals surface area contributed by atoms with Crippen molar-refractivity contribution in [2.24, 2.45) is 0 Å². The van der Waals surface area contributed by atoms with Crippen molar-refractivity contribution < 1.29 is 13.3 Å². The summed E-state index contributed by atoms with van der Waals surface area (Å²) >= 11 is 0. The fourth-order valence-corrected chi connectivity index (χ4v) is 4.16. The molecule has 21 heavy (non-hydrogen) atoms. The highest BCUT2D eigenvalue weighted by molar-refractivity contribution is 7.89. The summed E-state index contributed by atoms with van der Waals surface area (Å²) in [6, 6.07) is 18.9. The first-order valence-electron chi connectivity index (χ1n) is 7.13. The molecule has 0 bridgehead atoms. The number of piperazine rings is 1. The van der Waals surface area contributed by atoms with Gasteiger partial charge in [-0.15, -0.1) is 0 Å².